The third kappa shape index (κ3) is 1.78. The van der Waals surface area contributed by atoms with Crippen LogP contribution in [0.5, 0.6) is 0 Å². The molecule has 17 heavy (non-hydrogen) atoms. The second kappa shape index (κ2) is 3.16. The number of benzene rings is 1. The summed E-state index contributed by atoms with van der Waals surface area (Å²) in [5, 5.41) is 0. The van der Waals surface area contributed by atoms with Gasteiger partial charge in [-0.25, -0.2) is 13.2 Å². The second-order valence-electron chi connectivity index (χ2n) is 4.04. The Labute approximate surface area is 92.2 Å². The summed E-state index contributed by atoms with van der Waals surface area (Å²) in [6, 6.07) is 1.41. The van der Waals surface area contributed by atoms with Gasteiger partial charge in [0.05, 0.1) is 5.56 Å². The van der Waals surface area contributed by atoms with Crippen molar-refractivity contribution in [1.82, 2.24) is 0 Å². The highest BCUT2D eigenvalue weighted by Crippen LogP contribution is 2.59. The first-order valence-electron chi connectivity index (χ1n) is 4.62. The first-order valence-corrected chi connectivity index (χ1v) is 4.62. The minimum Gasteiger partial charge on any atom is -0.316 e. The summed E-state index contributed by atoms with van der Waals surface area (Å²) in [6.45, 7) is 0. The molecule has 1 aromatic carbocycles. The maximum Gasteiger partial charge on any atom is 0.416 e. The molecule has 1 nitrogen and oxygen atoms in total. The van der Waals surface area contributed by atoms with Crippen molar-refractivity contribution in [3.8, 4) is 0 Å². The van der Waals surface area contributed by atoms with Crippen LogP contribution in [0.15, 0.2) is 18.2 Å². The van der Waals surface area contributed by atoms with Gasteiger partial charge in [0.2, 0.25) is 0 Å². The van der Waals surface area contributed by atoms with Crippen molar-refractivity contribution in [2.24, 2.45) is 5.73 Å². The van der Waals surface area contributed by atoms with Crippen molar-refractivity contribution < 1.29 is 26.3 Å². The summed E-state index contributed by atoms with van der Waals surface area (Å²) < 4.78 is 76.5. The lowest BCUT2D eigenvalue weighted by atomic mass is 9.98. The smallest absolute Gasteiger partial charge is 0.316 e. The fourth-order valence-electron chi connectivity index (χ4n) is 1.73. The molecule has 2 rings (SSSR count). The zero-order valence-electron chi connectivity index (χ0n) is 8.28. The molecule has 94 valence electrons. The van der Waals surface area contributed by atoms with Gasteiger partial charge in [-0.1, -0.05) is 0 Å². The average Bonchev–Trinajstić information content (AvgIpc) is 2.65. The van der Waals surface area contributed by atoms with Crippen LogP contribution in [-0.2, 0) is 11.7 Å². The summed E-state index contributed by atoms with van der Waals surface area (Å²) >= 11 is 0. The lowest BCUT2D eigenvalue weighted by Crippen LogP contribution is -2.30. The van der Waals surface area contributed by atoms with Gasteiger partial charge >= 0.3 is 6.18 Å². The molecular formula is C10H7F6N. The van der Waals surface area contributed by atoms with Crippen molar-refractivity contribution in [2.45, 2.75) is 24.1 Å². The third-order valence-corrected chi connectivity index (χ3v) is 2.80. The van der Waals surface area contributed by atoms with E-state index in [2.05, 4.69) is 0 Å². The number of hydrogen-bond donors (Lipinski definition) is 1. The Hall–Kier alpha value is -1.24. The molecule has 1 saturated carbocycles. The van der Waals surface area contributed by atoms with Crippen molar-refractivity contribution in [3.63, 3.8) is 0 Å². The monoisotopic (exact) mass is 255 g/mol. The van der Waals surface area contributed by atoms with Gasteiger partial charge in [0, 0.05) is 6.42 Å². The van der Waals surface area contributed by atoms with Gasteiger partial charge in [-0.05, 0) is 23.8 Å². The molecule has 1 atom stereocenters. The quantitative estimate of drug-likeness (QED) is 0.767. The van der Waals surface area contributed by atoms with E-state index in [0.717, 1.165) is 0 Å². The molecule has 1 fully saturated rings. The highest BCUT2D eigenvalue weighted by molar-refractivity contribution is 5.43. The Morgan fingerprint density at radius 3 is 2.12 bits per heavy atom. The summed E-state index contributed by atoms with van der Waals surface area (Å²) in [7, 11) is 0. The van der Waals surface area contributed by atoms with Gasteiger partial charge in [0.25, 0.3) is 5.92 Å². The Bertz CT molecular complexity index is 466. The molecule has 1 aromatic rings. The van der Waals surface area contributed by atoms with E-state index in [1.807, 2.05) is 0 Å². The Balaban J connectivity index is 2.58. The van der Waals surface area contributed by atoms with Crippen LogP contribution >= 0.6 is 0 Å². The lowest BCUT2D eigenvalue weighted by molar-refractivity contribution is -0.138. The van der Waals surface area contributed by atoms with E-state index in [1.165, 1.54) is 0 Å². The van der Waals surface area contributed by atoms with Crippen LogP contribution in [0.25, 0.3) is 0 Å². The number of nitrogens with two attached hydrogens (primary N) is 1. The van der Waals surface area contributed by atoms with Crippen molar-refractivity contribution >= 4 is 0 Å². The van der Waals surface area contributed by atoms with Crippen molar-refractivity contribution in [2.75, 3.05) is 0 Å². The van der Waals surface area contributed by atoms with E-state index in [-0.39, 0.29) is 0 Å². The maximum absolute atomic E-state index is 13.0. The SMILES string of the molecule is NC1(c2cc(F)ccc2C(F)(F)F)CC1(F)F. The standard InChI is InChI=1S/C10H7F6N/c11-5-1-2-6(10(14,15)16)7(3-5)8(17)4-9(8,12)13/h1-3H,4,17H2. The van der Waals surface area contributed by atoms with Gasteiger partial charge < -0.3 is 5.73 Å². The van der Waals surface area contributed by atoms with Gasteiger partial charge in [0.15, 0.2) is 0 Å². The van der Waals surface area contributed by atoms with Crippen LogP contribution in [0.3, 0.4) is 0 Å². The molecular weight excluding hydrogens is 248 g/mol. The van der Waals surface area contributed by atoms with Gasteiger partial charge in [-0.3, -0.25) is 0 Å². The van der Waals surface area contributed by atoms with Gasteiger partial charge in [0.1, 0.15) is 11.4 Å². The van der Waals surface area contributed by atoms with Crippen LogP contribution in [0.1, 0.15) is 17.5 Å². The van der Waals surface area contributed by atoms with Crippen LogP contribution in [0.4, 0.5) is 26.3 Å². The molecule has 2 N–H and O–H groups in total. The number of halogens is 6. The molecule has 1 aliphatic carbocycles. The van der Waals surface area contributed by atoms with E-state index in [0.29, 0.717) is 18.2 Å². The molecule has 7 heteroatoms. The predicted molar refractivity (Wildman–Crippen MR) is 46.8 cm³/mol. The number of alkyl halides is 5. The molecule has 0 amide bonds. The van der Waals surface area contributed by atoms with Crippen LogP contribution in [-0.4, -0.2) is 5.92 Å². The summed E-state index contributed by atoms with van der Waals surface area (Å²) in [5.41, 5.74) is 0.564. The molecule has 0 saturated heterocycles. The Kier molecular flexibility index (Phi) is 2.27. The van der Waals surface area contributed by atoms with E-state index >= 15 is 0 Å². The van der Waals surface area contributed by atoms with E-state index in [4.69, 9.17) is 5.73 Å². The minimum absolute atomic E-state index is 0.420. The molecule has 0 spiro atoms. The normalized spacial score (nSPS) is 27.0. The second-order valence-corrected chi connectivity index (χ2v) is 4.04. The predicted octanol–water partition coefficient (Wildman–Crippen LogP) is 3.04. The first-order chi connectivity index (χ1) is 7.58. The van der Waals surface area contributed by atoms with Crippen LogP contribution < -0.4 is 5.73 Å². The van der Waals surface area contributed by atoms with Crippen molar-refractivity contribution in [3.05, 3.63) is 35.1 Å². The van der Waals surface area contributed by atoms with E-state index in [1.54, 1.807) is 0 Å². The largest absolute Gasteiger partial charge is 0.416 e. The van der Waals surface area contributed by atoms with E-state index < -0.39 is 41.0 Å². The lowest BCUT2D eigenvalue weighted by Gasteiger charge is -2.18. The summed E-state index contributed by atoms with van der Waals surface area (Å²) in [6.07, 6.45) is -5.75. The Morgan fingerprint density at radius 2 is 1.71 bits per heavy atom. The third-order valence-electron chi connectivity index (χ3n) is 2.80. The molecule has 0 aromatic heterocycles. The molecule has 0 bridgehead atoms. The maximum atomic E-state index is 13.0. The zero-order valence-corrected chi connectivity index (χ0v) is 8.28. The average molecular weight is 255 g/mol. The Morgan fingerprint density at radius 1 is 1.18 bits per heavy atom. The molecule has 0 heterocycles. The highest BCUT2D eigenvalue weighted by Gasteiger charge is 2.71. The highest BCUT2D eigenvalue weighted by atomic mass is 19.4. The van der Waals surface area contributed by atoms with Crippen molar-refractivity contribution in [1.29, 1.82) is 0 Å². The number of hydrogen-bond acceptors (Lipinski definition) is 1. The fraction of sp³-hybridized carbons (Fsp3) is 0.400. The van der Waals surface area contributed by atoms with Crippen LogP contribution in [0, 0.1) is 5.82 Å². The van der Waals surface area contributed by atoms with E-state index in [9.17, 15) is 26.3 Å². The molecule has 0 radical (unpaired) electrons. The topological polar surface area (TPSA) is 26.0 Å². The summed E-state index contributed by atoms with van der Waals surface area (Å²) in [5.74, 6) is -4.46. The first kappa shape index (κ1) is 12.2. The molecule has 1 unspecified atom stereocenters. The van der Waals surface area contributed by atoms with Gasteiger partial charge in [-0.2, -0.15) is 13.2 Å². The minimum atomic E-state index is -4.84. The molecule has 0 aliphatic heterocycles. The van der Waals surface area contributed by atoms with Gasteiger partial charge in [-0.15, -0.1) is 0 Å². The van der Waals surface area contributed by atoms with Crippen LogP contribution in [0.2, 0.25) is 0 Å². The summed E-state index contributed by atoms with van der Waals surface area (Å²) in [4.78, 5) is 0. The zero-order chi connectivity index (χ0) is 13.1. The molecule has 1 aliphatic rings. The fourth-order valence-corrected chi connectivity index (χ4v) is 1.73. The number of rotatable bonds is 1.